The molecule has 1 atom stereocenters. The van der Waals surface area contributed by atoms with E-state index >= 15 is 0 Å². The highest BCUT2D eigenvalue weighted by molar-refractivity contribution is 8.00. The number of nitro groups is 1. The van der Waals surface area contributed by atoms with Gasteiger partial charge in [0.05, 0.1) is 10.7 Å². The molecule has 0 spiro atoms. The van der Waals surface area contributed by atoms with Crippen molar-refractivity contribution >= 4 is 23.4 Å². The standard InChI is InChI=1S/C16H14N2O3S/c19-15-11-22-16(13-6-8-14(9-7-13)18(20)21)17(15)10-12-4-2-1-3-5-12/h1-9,16H,10-11H2/t16-/m0/s1. The lowest BCUT2D eigenvalue weighted by Gasteiger charge is -2.24. The second kappa shape index (κ2) is 6.19. The monoisotopic (exact) mass is 314 g/mol. The third kappa shape index (κ3) is 2.96. The normalized spacial score (nSPS) is 17.7. The summed E-state index contributed by atoms with van der Waals surface area (Å²) in [5.74, 6) is 0.534. The summed E-state index contributed by atoms with van der Waals surface area (Å²) < 4.78 is 0. The molecule has 3 rings (SSSR count). The fraction of sp³-hybridized carbons (Fsp3) is 0.188. The van der Waals surface area contributed by atoms with Crippen molar-refractivity contribution in [3.63, 3.8) is 0 Å². The van der Waals surface area contributed by atoms with Gasteiger partial charge >= 0.3 is 0 Å². The first-order chi connectivity index (χ1) is 10.6. The van der Waals surface area contributed by atoms with Gasteiger partial charge in [0.2, 0.25) is 5.91 Å². The number of hydrogen-bond donors (Lipinski definition) is 0. The molecule has 0 N–H and O–H groups in total. The van der Waals surface area contributed by atoms with Crippen LogP contribution in [0.4, 0.5) is 5.69 Å². The molecular formula is C16H14N2O3S. The number of nitro benzene ring substituents is 1. The molecule has 1 heterocycles. The fourth-order valence-corrected chi connectivity index (χ4v) is 3.63. The number of hydrogen-bond acceptors (Lipinski definition) is 4. The SMILES string of the molecule is O=C1CS[C@@H](c2ccc([N+](=O)[O-])cc2)N1Cc1ccccc1. The van der Waals surface area contributed by atoms with Crippen molar-refractivity contribution in [3.05, 3.63) is 75.8 Å². The summed E-state index contributed by atoms with van der Waals surface area (Å²) in [6, 6.07) is 16.2. The average molecular weight is 314 g/mol. The zero-order chi connectivity index (χ0) is 15.5. The van der Waals surface area contributed by atoms with Crippen molar-refractivity contribution in [2.75, 3.05) is 5.75 Å². The summed E-state index contributed by atoms with van der Waals surface area (Å²) in [6.45, 7) is 0.550. The van der Waals surface area contributed by atoms with Gasteiger partial charge in [-0.2, -0.15) is 0 Å². The number of rotatable bonds is 4. The summed E-state index contributed by atoms with van der Waals surface area (Å²) in [4.78, 5) is 24.3. The molecule has 1 aliphatic heterocycles. The van der Waals surface area contributed by atoms with Crippen molar-refractivity contribution in [1.82, 2.24) is 4.90 Å². The maximum absolute atomic E-state index is 12.1. The fourth-order valence-electron chi connectivity index (χ4n) is 2.44. The van der Waals surface area contributed by atoms with Crippen LogP contribution in [0.2, 0.25) is 0 Å². The van der Waals surface area contributed by atoms with Gasteiger partial charge in [-0.3, -0.25) is 14.9 Å². The Kier molecular flexibility index (Phi) is 4.11. The van der Waals surface area contributed by atoms with Crippen LogP contribution in [-0.2, 0) is 11.3 Å². The second-order valence-corrected chi connectivity index (χ2v) is 6.09. The van der Waals surface area contributed by atoms with Gasteiger partial charge in [-0.05, 0) is 23.3 Å². The highest BCUT2D eigenvalue weighted by atomic mass is 32.2. The molecule has 112 valence electrons. The number of thioether (sulfide) groups is 1. The van der Waals surface area contributed by atoms with Crippen LogP contribution in [0.15, 0.2) is 54.6 Å². The van der Waals surface area contributed by atoms with E-state index in [9.17, 15) is 14.9 Å². The Morgan fingerprint density at radius 3 is 2.45 bits per heavy atom. The predicted molar refractivity (Wildman–Crippen MR) is 85.3 cm³/mol. The van der Waals surface area contributed by atoms with Crippen LogP contribution in [0.3, 0.4) is 0 Å². The second-order valence-electron chi connectivity index (χ2n) is 5.02. The summed E-state index contributed by atoms with van der Waals surface area (Å²) in [5, 5.41) is 10.6. The summed E-state index contributed by atoms with van der Waals surface area (Å²) in [7, 11) is 0. The molecule has 22 heavy (non-hydrogen) atoms. The number of amides is 1. The Morgan fingerprint density at radius 1 is 1.14 bits per heavy atom. The van der Waals surface area contributed by atoms with Gasteiger partial charge in [-0.25, -0.2) is 0 Å². The van der Waals surface area contributed by atoms with Crippen LogP contribution in [0.1, 0.15) is 16.5 Å². The van der Waals surface area contributed by atoms with E-state index in [0.717, 1.165) is 11.1 Å². The maximum atomic E-state index is 12.1. The van der Waals surface area contributed by atoms with Crippen molar-refractivity contribution < 1.29 is 9.72 Å². The van der Waals surface area contributed by atoms with Gasteiger partial charge in [0.15, 0.2) is 0 Å². The highest BCUT2D eigenvalue weighted by Crippen LogP contribution is 2.39. The molecule has 0 saturated carbocycles. The first-order valence-corrected chi connectivity index (χ1v) is 7.89. The van der Waals surface area contributed by atoms with Crippen molar-refractivity contribution in [2.45, 2.75) is 11.9 Å². The minimum atomic E-state index is -0.418. The zero-order valence-corrected chi connectivity index (χ0v) is 12.5. The van der Waals surface area contributed by atoms with E-state index < -0.39 is 4.92 Å². The molecule has 5 nitrogen and oxygen atoms in total. The Hall–Kier alpha value is -2.34. The van der Waals surface area contributed by atoms with E-state index in [1.54, 1.807) is 23.9 Å². The quantitative estimate of drug-likeness (QED) is 0.641. The Morgan fingerprint density at radius 2 is 1.82 bits per heavy atom. The molecule has 1 fully saturated rings. The van der Waals surface area contributed by atoms with Gasteiger partial charge in [0.25, 0.3) is 5.69 Å². The molecule has 2 aromatic rings. The van der Waals surface area contributed by atoms with Gasteiger partial charge in [0.1, 0.15) is 5.37 Å². The molecule has 6 heteroatoms. The maximum Gasteiger partial charge on any atom is 0.269 e. The van der Waals surface area contributed by atoms with Crippen LogP contribution >= 0.6 is 11.8 Å². The lowest BCUT2D eigenvalue weighted by molar-refractivity contribution is -0.384. The zero-order valence-electron chi connectivity index (χ0n) is 11.7. The lowest BCUT2D eigenvalue weighted by atomic mass is 10.1. The third-order valence-electron chi connectivity index (χ3n) is 3.55. The van der Waals surface area contributed by atoms with Crippen LogP contribution < -0.4 is 0 Å². The van der Waals surface area contributed by atoms with Crippen LogP contribution in [0.25, 0.3) is 0 Å². The number of nitrogens with zero attached hydrogens (tertiary/aromatic N) is 2. The average Bonchev–Trinajstić information content (AvgIpc) is 2.89. The molecule has 0 unspecified atom stereocenters. The molecular weight excluding hydrogens is 300 g/mol. The molecule has 0 bridgehead atoms. The number of carbonyl (C=O) groups is 1. The van der Waals surface area contributed by atoms with Gasteiger partial charge in [0, 0.05) is 18.7 Å². The predicted octanol–water partition coefficient (Wildman–Crippen LogP) is 3.37. The summed E-state index contributed by atoms with van der Waals surface area (Å²) in [6.07, 6.45) is 0. The highest BCUT2D eigenvalue weighted by Gasteiger charge is 2.32. The molecule has 1 aliphatic rings. The van der Waals surface area contributed by atoms with Crippen LogP contribution in [0, 0.1) is 10.1 Å². The lowest BCUT2D eigenvalue weighted by Crippen LogP contribution is -2.27. The topological polar surface area (TPSA) is 63.4 Å². The smallest absolute Gasteiger partial charge is 0.269 e. The van der Waals surface area contributed by atoms with Crippen LogP contribution in [-0.4, -0.2) is 21.5 Å². The van der Waals surface area contributed by atoms with Crippen molar-refractivity contribution in [2.24, 2.45) is 0 Å². The van der Waals surface area contributed by atoms with Crippen LogP contribution in [0.5, 0.6) is 0 Å². The Labute approximate surface area is 132 Å². The molecule has 0 radical (unpaired) electrons. The van der Waals surface area contributed by atoms with E-state index in [1.165, 1.54) is 12.1 Å². The number of non-ortho nitro benzene ring substituents is 1. The molecule has 1 saturated heterocycles. The first-order valence-electron chi connectivity index (χ1n) is 6.84. The van der Waals surface area contributed by atoms with Gasteiger partial charge in [-0.1, -0.05) is 30.3 Å². The summed E-state index contributed by atoms with van der Waals surface area (Å²) in [5.41, 5.74) is 2.05. The number of carbonyl (C=O) groups excluding carboxylic acids is 1. The van der Waals surface area contributed by atoms with Gasteiger partial charge < -0.3 is 4.90 Å². The van der Waals surface area contributed by atoms with E-state index in [-0.39, 0.29) is 17.0 Å². The van der Waals surface area contributed by atoms with Crippen molar-refractivity contribution in [1.29, 1.82) is 0 Å². The minimum absolute atomic E-state index is 0.0627. The number of benzene rings is 2. The summed E-state index contributed by atoms with van der Waals surface area (Å²) >= 11 is 1.55. The van der Waals surface area contributed by atoms with E-state index in [2.05, 4.69) is 0 Å². The minimum Gasteiger partial charge on any atom is -0.322 e. The molecule has 0 aromatic heterocycles. The van der Waals surface area contributed by atoms with E-state index in [1.807, 2.05) is 35.2 Å². The molecule has 1 amide bonds. The first kappa shape index (κ1) is 14.6. The third-order valence-corrected chi connectivity index (χ3v) is 4.81. The Bertz CT molecular complexity index is 688. The van der Waals surface area contributed by atoms with E-state index in [4.69, 9.17) is 0 Å². The molecule has 0 aliphatic carbocycles. The van der Waals surface area contributed by atoms with E-state index in [0.29, 0.717) is 12.3 Å². The largest absolute Gasteiger partial charge is 0.322 e. The Balaban J connectivity index is 1.82. The van der Waals surface area contributed by atoms with Gasteiger partial charge in [-0.15, -0.1) is 11.8 Å². The van der Waals surface area contributed by atoms with Crippen molar-refractivity contribution in [3.8, 4) is 0 Å². The molecule has 2 aromatic carbocycles.